The molecule has 0 aliphatic heterocycles. The Morgan fingerprint density at radius 2 is 1.88 bits per heavy atom. The van der Waals surface area contributed by atoms with E-state index in [2.05, 4.69) is 0 Å². The summed E-state index contributed by atoms with van der Waals surface area (Å²) >= 11 is 11.7. The first-order chi connectivity index (χ1) is 7.16. The van der Waals surface area contributed by atoms with Gasteiger partial charge in [-0.1, -0.05) is 0 Å². The van der Waals surface area contributed by atoms with Crippen LogP contribution in [0.3, 0.4) is 0 Å². The molecule has 0 spiro atoms. The molecule has 94 valence electrons. The number of aliphatic hydroxyl groups is 1. The van der Waals surface area contributed by atoms with Crippen molar-refractivity contribution in [3.05, 3.63) is 0 Å². The van der Waals surface area contributed by atoms with Crippen LogP contribution >= 0.6 is 23.2 Å². The Morgan fingerprint density at radius 1 is 1.38 bits per heavy atom. The molecule has 16 heavy (non-hydrogen) atoms. The van der Waals surface area contributed by atoms with Crippen molar-refractivity contribution in [2.75, 3.05) is 0 Å². The average molecular weight is 269 g/mol. The topological polar surface area (TPSA) is 54.4 Å². The molecule has 0 amide bonds. The number of ketones is 2. The largest absolute Gasteiger partial charge is 0.389 e. The van der Waals surface area contributed by atoms with Gasteiger partial charge in [0.05, 0.1) is 17.4 Å². The molecule has 0 saturated heterocycles. The van der Waals surface area contributed by atoms with E-state index in [0.717, 1.165) is 0 Å². The first-order valence-corrected chi connectivity index (χ1v) is 6.05. The monoisotopic (exact) mass is 268 g/mol. The normalized spacial score (nSPS) is 18.6. The highest BCUT2D eigenvalue weighted by Gasteiger charge is 2.33. The first-order valence-electron chi connectivity index (χ1n) is 5.18. The predicted octanol–water partition coefficient (Wildman–Crippen LogP) is 2.30. The number of halogens is 2. The van der Waals surface area contributed by atoms with Gasteiger partial charge in [0.15, 0.2) is 0 Å². The van der Waals surface area contributed by atoms with Gasteiger partial charge in [-0.15, -0.1) is 23.2 Å². The number of alkyl halides is 2. The van der Waals surface area contributed by atoms with Crippen LogP contribution in [0.4, 0.5) is 0 Å². The van der Waals surface area contributed by atoms with Crippen LogP contribution in [-0.2, 0) is 9.59 Å². The van der Waals surface area contributed by atoms with E-state index in [1.165, 1.54) is 6.92 Å². The molecule has 0 saturated carbocycles. The zero-order valence-corrected chi connectivity index (χ0v) is 11.3. The lowest BCUT2D eigenvalue weighted by molar-refractivity contribution is -0.126. The minimum atomic E-state index is -1.20. The second kappa shape index (κ2) is 6.58. The number of hydrogen-bond donors (Lipinski definition) is 1. The minimum Gasteiger partial charge on any atom is -0.389 e. The van der Waals surface area contributed by atoms with E-state index in [-0.39, 0.29) is 36.2 Å². The highest BCUT2D eigenvalue weighted by molar-refractivity contribution is 6.30. The van der Waals surface area contributed by atoms with Crippen molar-refractivity contribution < 1.29 is 14.7 Å². The van der Waals surface area contributed by atoms with Crippen molar-refractivity contribution in [1.82, 2.24) is 0 Å². The summed E-state index contributed by atoms with van der Waals surface area (Å²) in [6.45, 7) is 4.59. The molecule has 0 heterocycles. The SMILES string of the molecule is CC(=O)CC(=O)CCC(C)(O)C(Cl)C(C)Cl. The fourth-order valence-electron chi connectivity index (χ4n) is 1.39. The molecule has 3 atom stereocenters. The molecule has 0 aromatic heterocycles. The maximum Gasteiger partial charge on any atom is 0.140 e. The van der Waals surface area contributed by atoms with Crippen LogP contribution in [0.2, 0.25) is 0 Å². The van der Waals surface area contributed by atoms with Gasteiger partial charge < -0.3 is 5.11 Å². The Balaban J connectivity index is 4.18. The van der Waals surface area contributed by atoms with Crippen molar-refractivity contribution >= 4 is 34.8 Å². The van der Waals surface area contributed by atoms with Crippen LogP contribution in [0.25, 0.3) is 0 Å². The summed E-state index contributed by atoms with van der Waals surface area (Å²) in [6.07, 6.45) is 0.267. The Kier molecular flexibility index (Phi) is 6.53. The predicted molar refractivity (Wildman–Crippen MR) is 65.1 cm³/mol. The second-order valence-corrected chi connectivity index (χ2v) is 5.51. The van der Waals surface area contributed by atoms with Gasteiger partial charge in [0.2, 0.25) is 0 Å². The van der Waals surface area contributed by atoms with Gasteiger partial charge in [0.1, 0.15) is 11.6 Å². The maximum atomic E-state index is 11.3. The molecule has 3 unspecified atom stereocenters. The summed E-state index contributed by atoms with van der Waals surface area (Å²) in [7, 11) is 0. The molecule has 0 bridgehead atoms. The quantitative estimate of drug-likeness (QED) is 0.570. The van der Waals surface area contributed by atoms with E-state index in [4.69, 9.17) is 23.2 Å². The first kappa shape index (κ1) is 15.9. The highest BCUT2D eigenvalue weighted by Crippen LogP contribution is 2.27. The van der Waals surface area contributed by atoms with E-state index in [1.54, 1.807) is 13.8 Å². The van der Waals surface area contributed by atoms with Crippen molar-refractivity contribution in [2.24, 2.45) is 0 Å². The Morgan fingerprint density at radius 3 is 2.25 bits per heavy atom. The Bertz CT molecular complexity index is 262. The summed E-state index contributed by atoms with van der Waals surface area (Å²) in [6, 6.07) is 0. The van der Waals surface area contributed by atoms with Crippen molar-refractivity contribution in [3.63, 3.8) is 0 Å². The number of rotatable bonds is 7. The number of carbonyl (C=O) groups excluding carboxylic acids is 2. The van der Waals surface area contributed by atoms with E-state index >= 15 is 0 Å². The second-order valence-electron chi connectivity index (χ2n) is 4.35. The number of Topliss-reactive ketones (excluding diaryl/α,β-unsaturated/α-hetero) is 2. The summed E-state index contributed by atoms with van der Waals surface area (Å²) in [4.78, 5) is 22.0. The molecular weight excluding hydrogens is 251 g/mol. The molecule has 0 aliphatic carbocycles. The third kappa shape index (κ3) is 5.83. The molecule has 1 N–H and O–H groups in total. The van der Waals surface area contributed by atoms with E-state index in [0.29, 0.717) is 0 Å². The van der Waals surface area contributed by atoms with Crippen molar-refractivity contribution in [3.8, 4) is 0 Å². The fourth-order valence-corrected chi connectivity index (χ4v) is 1.77. The average Bonchev–Trinajstić information content (AvgIpc) is 2.12. The molecule has 5 heteroatoms. The van der Waals surface area contributed by atoms with Crippen molar-refractivity contribution in [2.45, 2.75) is 56.4 Å². The molecule has 0 radical (unpaired) electrons. The van der Waals surface area contributed by atoms with E-state index in [1.807, 2.05) is 0 Å². The number of hydrogen-bond acceptors (Lipinski definition) is 3. The fraction of sp³-hybridized carbons (Fsp3) is 0.818. The standard InChI is InChI=1S/C11H18Cl2O3/c1-7(14)6-9(15)4-5-11(3,16)10(13)8(2)12/h8,10,16H,4-6H2,1-3H3. The molecule has 0 aliphatic rings. The van der Waals surface area contributed by atoms with Gasteiger partial charge in [-0.2, -0.15) is 0 Å². The van der Waals surface area contributed by atoms with Crippen LogP contribution in [0.5, 0.6) is 0 Å². The van der Waals surface area contributed by atoms with Crippen LogP contribution in [0, 0.1) is 0 Å². The summed E-state index contributed by atoms with van der Waals surface area (Å²) in [5.74, 6) is -0.350. The molecular formula is C11H18Cl2O3. The third-order valence-corrected chi connectivity index (χ3v) is 3.58. The summed E-state index contributed by atoms with van der Waals surface area (Å²) in [5, 5.41) is 8.97. The van der Waals surface area contributed by atoms with Crippen LogP contribution < -0.4 is 0 Å². The van der Waals surface area contributed by atoms with Crippen LogP contribution in [0.1, 0.15) is 40.0 Å². The van der Waals surface area contributed by atoms with Gasteiger partial charge in [-0.3, -0.25) is 9.59 Å². The van der Waals surface area contributed by atoms with Gasteiger partial charge in [0, 0.05) is 11.8 Å². The van der Waals surface area contributed by atoms with Gasteiger partial charge in [-0.05, 0) is 27.2 Å². The van der Waals surface area contributed by atoms with Crippen LogP contribution in [0.15, 0.2) is 0 Å². The van der Waals surface area contributed by atoms with E-state index in [9.17, 15) is 14.7 Å². The smallest absolute Gasteiger partial charge is 0.140 e. The maximum absolute atomic E-state index is 11.3. The Hall–Kier alpha value is -0.120. The minimum absolute atomic E-state index is 0.0839. The molecule has 0 aromatic rings. The van der Waals surface area contributed by atoms with Crippen molar-refractivity contribution in [1.29, 1.82) is 0 Å². The molecule has 0 rings (SSSR count). The van der Waals surface area contributed by atoms with Crippen LogP contribution in [-0.4, -0.2) is 33.0 Å². The lowest BCUT2D eigenvalue weighted by Crippen LogP contribution is -2.40. The van der Waals surface area contributed by atoms with Gasteiger partial charge >= 0.3 is 0 Å². The zero-order valence-electron chi connectivity index (χ0n) is 9.80. The van der Waals surface area contributed by atoms with Gasteiger partial charge in [-0.25, -0.2) is 0 Å². The van der Waals surface area contributed by atoms with Gasteiger partial charge in [0.25, 0.3) is 0 Å². The highest BCUT2D eigenvalue weighted by atomic mass is 35.5. The third-order valence-electron chi connectivity index (χ3n) is 2.35. The molecule has 0 aromatic carbocycles. The summed E-state index contributed by atoms with van der Waals surface area (Å²) < 4.78 is 0. The lowest BCUT2D eigenvalue weighted by atomic mass is 9.92. The summed E-state index contributed by atoms with van der Waals surface area (Å²) in [5.41, 5.74) is -1.20. The molecule has 0 fully saturated rings. The Labute approximate surface area is 106 Å². The molecule has 3 nitrogen and oxygen atoms in total. The zero-order chi connectivity index (χ0) is 12.9. The lowest BCUT2D eigenvalue weighted by Gasteiger charge is -2.30. The van der Waals surface area contributed by atoms with E-state index < -0.39 is 11.0 Å². The number of carbonyl (C=O) groups is 2.